The van der Waals surface area contributed by atoms with E-state index in [-0.39, 0.29) is 6.04 Å². The molecule has 0 aliphatic carbocycles. The number of fused-ring (bicyclic) bond motifs is 3. The van der Waals surface area contributed by atoms with Crippen molar-refractivity contribution in [2.24, 2.45) is 0 Å². The van der Waals surface area contributed by atoms with E-state index in [2.05, 4.69) is 67.5 Å². The van der Waals surface area contributed by atoms with Gasteiger partial charge >= 0.3 is 0 Å². The van der Waals surface area contributed by atoms with Gasteiger partial charge in [-0.2, -0.15) is 0 Å². The second kappa shape index (κ2) is 8.31. The van der Waals surface area contributed by atoms with Crippen LogP contribution < -0.4 is 10.2 Å². The minimum Gasteiger partial charge on any atom is -0.353 e. The van der Waals surface area contributed by atoms with Gasteiger partial charge in [0.2, 0.25) is 5.95 Å². The molecule has 9 nitrogen and oxygen atoms in total. The lowest BCUT2D eigenvalue weighted by atomic mass is 10.2. The number of anilines is 3. The first kappa shape index (κ1) is 20.6. The zero-order chi connectivity index (χ0) is 22.2. The van der Waals surface area contributed by atoms with E-state index in [0.29, 0.717) is 17.8 Å². The molecule has 1 N–H and O–H groups in total. The zero-order valence-corrected chi connectivity index (χ0v) is 19.0. The fourth-order valence-electron chi connectivity index (χ4n) is 4.21. The Hall–Kier alpha value is -3.33. The maximum absolute atomic E-state index is 4.78. The molecule has 0 radical (unpaired) electrons. The standard InChI is InChI=1S/C23H29N9/c1-15(2)30-9-11-31(12-10-30)20-8-7-19(28-29-20)26-23-24-13-17-5-6-18-22(21(17)27-23)32(14-25-18)16(3)4/h5-8,13-16H,9-12H2,1-4H3,(H,24,26,27,28). The smallest absolute Gasteiger partial charge is 0.229 e. The van der Waals surface area contributed by atoms with Gasteiger partial charge in [-0.3, -0.25) is 4.90 Å². The molecule has 0 amide bonds. The SMILES string of the molecule is CC(C)N1CCN(c2ccc(Nc3ncc4ccc5ncn(C(C)C)c5c4n3)nn2)CC1. The molecular weight excluding hydrogens is 402 g/mol. The fraction of sp³-hybridized carbons (Fsp3) is 0.435. The van der Waals surface area contributed by atoms with Gasteiger partial charge in [-0.15, -0.1) is 10.2 Å². The van der Waals surface area contributed by atoms with E-state index in [1.807, 2.05) is 36.8 Å². The van der Waals surface area contributed by atoms with Gasteiger partial charge in [0.05, 0.1) is 17.4 Å². The summed E-state index contributed by atoms with van der Waals surface area (Å²) < 4.78 is 2.14. The Labute approximate surface area is 187 Å². The predicted octanol–water partition coefficient (Wildman–Crippen LogP) is 3.62. The summed E-state index contributed by atoms with van der Waals surface area (Å²) in [6, 6.07) is 8.83. The Kier molecular flexibility index (Phi) is 5.34. The Bertz CT molecular complexity index is 1220. The van der Waals surface area contributed by atoms with Gasteiger partial charge in [0.1, 0.15) is 5.52 Å². The van der Waals surface area contributed by atoms with Crippen LogP contribution in [0.2, 0.25) is 0 Å². The molecule has 0 saturated carbocycles. The number of piperazine rings is 1. The number of rotatable bonds is 5. The minimum absolute atomic E-state index is 0.290. The highest BCUT2D eigenvalue weighted by Gasteiger charge is 2.20. The van der Waals surface area contributed by atoms with Crippen molar-refractivity contribution < 1.29 is 0 Å². The minimum atomic E-state index is 0.290. The topological polar surface area (TPSA) is 87.9 Å². The summed E-state index contributed by atoms with van der Waals surface area (Å²) in [4.78, 5) is 18.5. The first-order chi connectivity index (χ1) is 15.5. The normalized spacial score (nSPS) is 15.4. The molecule has 0 unspecified atom stereocenters. The number of hydrogen-bond acceptors (Lipinski definition) is 8. The number of nitrogens with one attached hydrogen (secondary N) is 1. The summed E-state index contributed by atoms with van der Waals surface area (Å²) in [6.45, 7) is 12.8. The molecule has 0 atom stereocenters. The lowest BCUT2D eigenvalue weighted by molar-refractivity contribution is 0.209. The first-order valence-corrected chi connectivity index (χ1v) is 11.2. The second-order valence-corrected chi connectivity index (χ2v) is 8.83. The largest absolute Gasteiger partial charge is 0.353 e. The van der Waals surface area contributed by atoms with E-state index in [1.165, 1.54) is 0 Å². The third kappa shape index (κ3) is 3.84. The monoisotopic (exact) mass is 431 g/mol. The number of aromatic nitrogens is 6. The lowest BCUT2D eigenvalue weighted by Crippen LogP contribution is -2.49. The van der Waals surface area contributed by atoms with Crippen LogP contribution >= 0.6 is 0 Å². The van der Waals surface area contributed by atoms with Crippen LogP contribution in [0.15, 0.2) is 36.8 Å². The Balaban J connectivity index is 1.36. The van der Waals surface area contributed by atoms with Crippen LogP contribution in [-0.4, -0.2) is 66.8 Å². The highest BCUT2D eigenvalue weighted by molar-refractivity contribution is 6.02. The fourth-order valence-corrected chi connectivity index (χ4v) is 4.21. The maximum Gasteiger partial charge on any atom is 0.229 e. The van der Waals surface area contributed by atoms with Gasteiger partial charge in [0.25, 0.3) is 0 Å². The van der Waals surface area contributed by atoms with Gasteiger partial charge < -0.3 is 14.8 Å². The third-order valence-corrected chi connectivity index (χ3v) is 6.10. The molecule has 4 aromatic rings. The molecule has 1 fully saturated rings. The Morgan fingerprint density at radius 1 is 0.875 bits per heavy atom. The van der Waals surface area contributed by atoms with Gasteiger partial charge in [0, 0.05) is 49.8 Å². The molecule has 1 aromatic carbocycles. The lowest BCUT2D eigenvalue weighted by Gasteiger charge is -2.37. The van der Waals surface area contributed by atoms with Crippen molar-refractivity contribution in [2.75, 3.05) is 36.4 Å². The van der Waals surface area contributed by atoms with Crippen molar-refractivity contribution in [1.29, 1.82) is 0 Å². The number of hydrogen-bond donors (Lipinski definition) is 1. The van der Waals surface area contributed by atoms with E-state index >= 15 is 0 Å². The van der Waals surface area contributed by atoms with E-state index in [0.717, 1.165) is 53.9 Å². The van der Waals surface area contributed by atoms with Crippen LogP contribution in [0.5, 0.6) is 0 Å². The van der Waals surface area contributed by atoms with E-state index in [4.69, 9.17) is 4.98 Å². The molecule has 166 valence electrons. The molecule has 4 heterocycles. The zero-order valence-electron chi connectivity index (χ0n) is 19.0. The molecule has 0 bridgehead atoms. The molecular formula is C23H29N9. The van der Waals surface area contributed by atoms with Gasteiger partial charge in [0.15, 0.2) is 11.6 Å². The van der Waals surface area contributed by atoms with Crippen LogP contribution in [0.4, 0.5) is 17.6 Å². The summed E-state index contributed by atoms with van der Waals surface area (Å²) in [5.74, 6) is 2.02. The van der Waals surface area contributed by atoms with E-state index in [9.17, 15) is 0 Å². The van der Waals surface area contributed by atoms with Crippen LogP contribution in [0.3, 0.4) is 0 Å². The molecule has 1 saturated heterocycles. The number of nitrogens with zero attached hydrogens (tertiary/aromatic N) is 8. The molecule has 3 aromatic heterocycles. The van der Waals surface area contributed by atoms with Crippen molar-refractivity contribution in [1.82, 2.24) is 34.6 Å². The van der Waals surface area contributed by atoms with Crippen molar-refractivity contribution in [2.45, 2.75) is 39.8 Å². The highest BCUT2D eigenvalue weighted by atomic mass is 15.3. The first-order valence-electron chi connectivity index (χ1n) is 11.2. The Morgan fingerprint density at radius 3 is 2.38 bits per heavy atom. The van der Waals surface area contributed by atoms with E-state index in [1.54, 1.807) is 0 Å². The number of benzene rings is 1. The van der Waals surface area contributed by atoms with Crippen LogP contribution in [0.1, 0.15) is 33.7 Å². The molecule has 0 spiro atoms. The number of imidazole rings is 1. The molecule has 5 rings (SSSR count). The van der Waals surface area contributed by atoms with Crippen molar-refractivity contribution in [3.63, 3.8) is 0 Å². The van der Waals surface area contributed by atoms with Gasteiger partial charge in [-0.1, -0.05) is 0 Å². The summed E-state index contributed by atoms with van der Waals surface area (Å²) in [6.07, 6.45) is 3.70. The summed E-state index contributed by atoms with van der Waals surface area (Å²) in [5, 5.41) is 13.0. The highest BCUT2D eigenvalue weighted by Crippen LogP contribution is 2.26. The molecule has 1 aliphatic heterocycles. The van der Waals surface area contributed by atoms with Gasteiger partial charge in [-0.25, -0.2) is 15.0 Å². The van der Waals surface area contributed by atoms with Gasteiger partial charge in [-0.05, 0) is 52.0 Å². The summed E-state index contributed by atoms with van der Waals surface area (Å²) >= 11 is 0. The maximum atomic E-state index is 4.78. The van der Waals surface area contributed by atoms with Crippen molar-refractivity contribution in [3.8, 4) is 0 Å². The van der Waals surface area contributed by atoms with Crippen molar-refractivity contribution in [3.05, 3.63) is 36.8 Å². The van der Waals surface area contributed by atoms with Crippen LogP contribution in [0.25, 0.3) is 21.9 Å². The third-order valence-electron chi connectivity index (χ3n) is 6.10. The predicted molar refractivity (Wildman–Crippen MR) is 127 cm³/mol. The average Bonchev–Trinajstić information content (AvgIpc) is 3.25. The van der Waals surface area contributed by atoms with Crippen molar-refractivity contribution >= 4 is 39.5 Å². The summed E-state index contributed by atoms with van der Waals surface area (Å²) in [5.41, 5.74) is 2.82. The summed E-state index contributed by atoms with van der Waals surface area (Å²) in [7, 11) is 0. The molecule has 32 heavy (non-hydrogen) atoms. The van der Waals surface area contributed by atoms with E-state index < -0.39 is 0 Å². The quantitative estimate of drug-likeness (QED) is 0.513. The second-order valence-electron chi connectivity index (χ2n) is 8.83. The molecule has 9 heteroatoms. The van der Waals surface area contributed by atoms with Crippen LogP contribution in [-0.2, 0) is 0 Å². The Morgan fingerprint density at radius 2 is 1.69 bits per heavy atom. The molecule has 1 aliphatic rings. The van der Waals surface area contributed by atoms with Crippen LogP contribution in [0, 0.1) is 0 Å². The average molecular weight is 432 g/mol.